The number of nitrogens with zero attached hydrogens (tertiary/aromatic N) is 1. The van der Waals surface area contributed by atoms with Crippen LogP contribution in [0.15, 0.2) is 48.5 Å². The van der Waals surface area contributed by atoms with Crippen molar-refractivity contribution >= 4 is 11.8 Å². The molecule has 2 aromatic carbocycles. The fraction of sp³-hybridized carbons (Fsp3) is 0.440. The van der Waals surface area contributed by atoms with Gasteiger partial charge in [-0.25, -0.2) is 0 Å². The van der Waals surface area contributed by atoms with Gasteiger partial charge >= 0.3 is 0 Å². The molecule has 4 nitrogen and oxygen atoms in total. The summed E-state index contributed by atoms with van der Waals surface area (Å²) in [5.41, 5.74) is 4.48. The van der Waals surface area contributed by atoms with Gasteiger partial charge in [-0.1, -0.05) is 69.3 Å². The predicted molar refractivity (Wildman–Crippen MR) is 116 cm³/mol. The molecule has 152 valence electrons. The minimum absolute atomic E-state index is 0.0323. The molecule has 29 heavy (non-hydrogen) atoms. The summed E-state index contributed by atoms with van der Waals surface area (Å²) in [4.78, 5) is 28.1. The number of hydrogen-bond donors (Lipinski definition) is 1. The Labute approximate surface area is 173 Å². The fourth-order valence-electron chi connectivity index (χ4n) is 4.65. The molecule has 1 unspecified atom stereocenters. The Bertz CT molecular complexity index is 877. The summed E-state index contributed by atoms with van der Waals surface area (Å²) in [6, 6.07) is 16.1. The molecule has 0 aromatic heterocycles. The smallest absolute Gasteiger partial charge is 0.245 e. The predicted octanol–water partition coefficient (Wildman–Crippen LogP) is 4.34. The molecule has 1 N–H and O–H groups in total. The standard InChI is InChI=1S/C25H30N2O2/c1-25(2,3)23(24(29)27-14-8-9-15-27)26-22(28)16-21-19-12-6-4-10-17(19)18-11-5-7-13-20(18)21/h4-7,10-13,21,23H,8-9,14-16H2,1-3H3,(H,26,28). The lowest BCUT2D eigenvalue weighted by molar-refractivity contribution is -0.138. The Morgan fingerprint density at radius 3 is 2.00 bits per heavy atom. The van der Waals surface area contributed by atoms with Crippen LogP contribution in [0.2, 0.25) is 0 Å². The Morgan fingerprint density at radius 2 is 1.48 bits per heavy atom. The largest absolute Gasteiger partial charge is 0.344 e. The minimum Gasteiger partial charge on any atom is -0.344 e. The van der Waals surface area contributed by atoms with Gasteiger partial charge < -0.3 is 10.2 Å². The topological polar surface area (TPSA) is 49.4 Å². The number of rotatable bonds is 4. The summed E-state index contributed by atoms with van der Waals surface area (Å²) in [6.07, 6.45) is 2.45. The van der Waals surface area contributed by atoms with Crippen molar-refractivity contribution in [2.24, 2.45) is 5.41 Å². The summed E-state index contributed by atoms with van der Waals surface area (Å²) in [7, 11) is 0. The van der Waals surface area contributed by atoms with Crippen molar-refractivity contribution < 1.29 is 9.59 Å². The molecule has 1 atom stereocenters. The van der Waals surface area contributed by atoms with Crippen molar-refractivity contribution in [1.29, 1.82) is 0 Å². The van der Waals surface area contributed by atoms with Crippen LogP contribution in [0.1, 0.15) is 57.1 Å². The van der Waals surface area contributed by atoms with E-state index in [0.29, 0.717) is 6.42 Å². The SMILES string of the molecule is CC(C)(C)C(NC(=O)CC1c2ccccc2-c2ccccc21)C(=O)N1CCCC1. The molecule has 2 aromatic rings. The highest BCUT2D eigenvalue weighted by Gasteiger charge is 2.37. The number of benzene rings is 2. The molecule has 2 aliphatic rings. The van der Waals surface area contributed by atoms with Crippen molar-refractivity contribution in [1.82, 2.24) is 10.2 Å². The van der Waals surface area contributed by atoms with Crippen molar-refractivity contribution in [3.8, 4) is 11.1 Å². The summed E-state index contributed by atoms with van der Waals surface area (Å²) in [5, 5.41) is 3.09. The van der Waals surface area contributed by atoms with Gasteiger partial charge in [-0.05, 0) is 40.5 Å². The average Bonchev–Trinajstić information content (AvgIpc) is 3.33. The first kappa shape index (κ1) is 19.7. The molecule has 0 spiro atoms. The first-order valence-corrected chi connectivity index (χ1v) is 10.6. The molecule has 1 heterocycles. The molecule has 2 amide bonds. The zero-order valence-electron chi connectivity index (χ0n) is 17.6. The van der Waals surface area contributed by atoms with Crippen LogP contribution in [0.5, 0.6) is 0 Å². The summed E-state index contributed by atoms with van der Waals surface area (Å²) >= 11 is 0. The third kappa shape index (κ3) is 3.81. The number of fused-ring (bicyclic) bond motifs is 3. The van der Waals surface area contributed by atoms with Crippen LogP contribution in [0.25, 0.3) is 11.1 Å². The van der Waals surface area contributed by atoms with Gasteiger partial charge in [0.25, 0.3) is 0 Å². The molecule has 0 radical (unpaired) electrons. The van der Waals surface area contributed by atoms with E-state index in [1.807, 2.05) is 49.9 Å². The lowest BCUT2D eigenvalue weighted by Gasteiger charge is -2.33. The molecule has 1 aliphatic carbocycles. The molecule has 1 aliphatic heterocycles. The van der Waals surface area contributed by atoms with E-state index in [2.05, 4.69) is 29.6 Å². The Kier molecular flexibility index (Phi) is 5.20. The van der Waals surface area contributed by atoms with Crippen LogP contribution in [-0.2, 0) is 9.59 Å². The van der Waals surface area contributed by atoms with Crippen LogP contribution >= 0.6 is 0 Å². The second-order valence-electron chi connectivity index (χ2n) is 9.33. The van der Waals surface area contributed by atoms with Crippen LogP contribution < -0.4 is 5.32 Å². The Balaban J connectivity index is 1.55. The highest BCUT2D eigenvalue weighted by atomic mass is 16.2. The van der Waals surface area contributed by atoms with E-state index in [4.69, 9.17) is 0 Å². The number of hydrogen-bond acceptors (Lipinski definition) is 2. The second kappa shape index (κ2) is 7.66. The highest BCUT2D eigenvalue weighted by molar-refractivity contribution is 5.90. The van der Waals surface area contributed by atoms with Gasteiger partial charge in [0, 0.05) is 25.4 Å². The van der Waals surface area contributed by atoms with E-state index in [1.165, 1.54) is 22.3 Å². The van der Waals surface area contributed by atoms with E-state index in [1.54, 1.807) is 0 Å². The maximum atomic E-state index is 13.1. The lowest BCUT2D eigenvalue weighted by atomic mass is 9.85. The molecule has 1 fully saturated rings. The third-order valence-electron chi connectivity index (χ3n) is 6.19. The average molecular weight is 391 g/mol. The number of amides is 2. The first-order chi connectivity index (χ1) is 13.9. The zero-order chi connectivity index (χ0) is 20.6. The van der Waals surface area contributed by atoms with E-state index >= 15 is 0 Å². The van der Waals surface area contributed by atoms with Crippen LogP contribution in [0.4, 0.5) is 0 Å². The maximum Gasteiger partial charge on any atom is 0.245 e. The van der Waals surface area contributed by atoms with Crippen molar-refractivity contribution in [2.45, 2.75) is 52.0 Å². The van der Waals surface area contributed by atoms with Crippen LogP contribution in [-0.4, -0.2) is 35.8 Å². The van der Waals surface area contributed by atoms with E-state index in [-0.39, 0.29) is 23.1 Å². The lowest BCUT2D eigenvalue weighted by Crippen LogP contribution is -2.54. The highest BCUT2D eigenvalue weighted by Crippen LogP contribution is 2.46. The molecule has 0 saturated carbocycles. The normalized spacial score (nSPS) is 17.0. The summed E-state index contributed by atoms with van der Waals surface area (Å²) in [5.74, 6) is 0.0226. The maximum absolute atomic E-state index is 13.1. The van der Waals surface area contributed by atoms with Gasteiger partial charge in [0.05, 0.1) is 0 Å². The van der Waals surface area contributed by atoms with Gasteiger partial charge in [-0.2, -0.15) is 0 Å². The molecule has 0 bridgehead atoms. The second-order valence-corrected chi connectivity index (χ2v) is 9.33. The van der Waals surface area contributed by atoms with Crippen LogP contribution in [0.3, 0.4) is 0 Å². The van der Waals surface area contributed by atoms with Gasteiger partial charge in [-0.3, -0.25) is 9.59 Å². The third-order valence-corrected chi connectivity index (χ3v) is 6.19. The summed E-state index contributed by atoms with van der Waals surface area (Å²) < 4.78 is 0. The minimum atomic E-state index is -0.500. The molecule has 4 heteroatoms. The van der Waals surface area contributed by atoms with E-state index < -0.39 is 6.04 Å². The Hall–Kier alpha value is -2.62. The van der Waals surface area contributed by atoms with Gasteiger partial charge in [0.2, 0.25) is 11.8 Å². The van der Waals surface area contributed by atoms with Gasteiger partial charge in [0.15, 0.2) is 0 Å². The molecular formula is C25H30N2O2. The summed E-state index contributed by atoms with van der Waals surface area (Å²) in [6.45, 7) is 7.65. The fourth-order valence-corrected chi connectivity index (χ4v) is 4.65. The number of likely N-dealkylation sites (tertiary alicyclic amines) is 1. The first-order valence-electron chi connectivity index (χ1n) is 10.6. The van der Waals surface area contributed by atoms with Crippen LogP contribution in [0, 0.1) is 5.41 Å². The van der Waals surface area contributed by atoms with Gasteiger partial charge in [0.1, 0.15) is 6.04 Å². The Morgan fingerprint density at radius 1 is 0.966 bits per heavy atom. The molecule has 4 rings (SSSR count). The number of carbonyl (C=O) groups excluding carboxylic acids is 2. The van der Waals surface area contributed by atoms with E-state index in [9.17, 15) is 9.59 Å². The zero-order valence-corrected chi connectivity index (χ0v) is 17.6. The van der Waals surface area contributed by atoms with Crippen molar-refractivity contribution in [3.05, 3.63) is 59.7 Å². The van der Waals surface area contributed by atoms with E-state index in [0.717, 1.165) is 25.9 Å². The van der Waals surface area contributed by atoms with Crippen molar-refractivity contribution in [2.75, 3.05) is 13.1 Å². The molecular weight excluding hydrogens is 360 g/mol. The van der Waals surface area contributed by atoms with Crippen molar-refractivity contribution in [3.63, 3.8) is 0 Å². The number of nitrogens with one attached hydrogen (secondary N) is 1. The quantitative estimate of drug-likeness (QED) is 0.844. The number of carbonyl (C=O) groups is 2. The molecule has 1 saturated heterocycles. The van der Waals surface area contributed by atoms with Gasteiger partial charge in [-0.15, -0.1) is 0 Å². The monoisotopic (exact) mass is 390 g/mol.